The third-order valence-electron chi connectivity index (χ3n) is 3.78. The van der Waals surface area contributed by atoms with Crippen LogP contribution in [0.25, 0.3) is 0 Å². The zero-order chi connectivity index (χ0) is 15.8. The van der Waals surface area contributed by atoms with Crippen LogP contribution >= 0.6 is 23.2 Å². The molecule has 2 unspecified atom stereocenters. The van der Waals surface area contributed by atoms with Crippen molar-refractivity contribution >= 4 is 33.2 Å². The predicted molar refractivity (Wildman–Crippen MR) is 86.4 cm³/mol. The van der Waals surface area contributed by atoms with Gasteiger partial charge in [-0.3, -0.25) is 0 Å². The summed E-state index contributed by atoms with van der Waals surface area (Å²) >= 11 is 12.2. The number of nitrogens with one attached hydrogen (secondary N) is 1. The van der Waals surface area contributed by atoms with Gasteiger partial charge in [-0.1, -0.05) is 30.1 Å². The minimum Gasteiger partial charge on any atom is -0.316 e. The molecule has 0 spiro atoms. The van der Waals surface area contributed by atoms with Gasteiger partial charge >= 0.3 is 0 Å². The molecule has 1 aromatic carbocycles. The van der Waals surface area contributed by atoms with Crippen LogP contribution in [0.1, 0.15) is 25.8 Å². The Kier molecular flexibility index (Phi) is 5.21. The maximum atomic E-state index is 12.9. The van der Waals surface area contributed by atoms with Crippen molar-refractivity contribution in [3.8, 4) is 0 Å². The van der Waals surface area contributed by atoms with Gasteiger partial charge in [0.05, 0.1) is 5.02 Å². The van der Waals surface area contributed by atoms with E-state index in [2.05, 4.69) is 12.2 Å². The van der Waals surface area contributed by atoms with Gasteiger partial charge in [0.25, 0.3) is 0 Å². The van der Waals surface area contributed by atoms with E-state index in [-0.39, 0.29) is 16.0 Å². The van der Waals surface area contributed by atoms with E-state index in [0.717, 1.165) is 12.0 Å². The lowest BCUT2D eigenvalue weighted by atomic mass is 10.1. The lowest BCUT2D eigenvalue weighted by molar-refractivity contribution is 0.405. The van der Waals surface area contributed by atoms with Gasteiger partial charge < -0.3 is 5.32 Å². The lowest BCUT2D eigenvalue weighted by Crippen LogP contribution is -2.34. The SMILES string of the molecule is CNCc1cc(S(=O)(=O)N2CC(C)CC2C)c(Cl)cc1Cl. The third-order valence-corrected chi connectivity index (χ3v) is 6.58. The molecular formula is C14H20Cl2N2O2S. The van der Waals surface area contributed by atoms with E-state index in [4.69, 9.17) is 23.2 Å². The molecule has 2 rings (SSSR count). The van der Waals surface area contributed by atoms with Crippen molar-refractivity contribution in [2.45, 2.75) is 37.8 Å². The maximum absolute atomic E-state index is 12.9. The van der Waals surface area contributed by atoms with Crippen LogP contribution in [0.2, 0.25) is 10.0 Å². The molecule has 1 saturated heterocycles. The van der Waals surface area contributed by atoms with E-state index in [1.807, 2.05) is 6.92 Å². The average Bonchev–Trinajstić information content (AvgIpc) is 2.72. The summed E-state index contributed by atoms with van der Waals surface area (Å²) in [6.45, 7) is 5.01. The Morgan fingerprint density at radius 3 is 2.48 bits per heavy atom. The van der Waals surface area contributed by atoms with E-state index >= 15 is 0 Å². The molecule has 7 heteroatoms. The smallest absolute Gasteiger partial charge is 0.244 e. The van der Waals surface area contributed by atoms with Gasteiger partial charge in [0.2, 0.25) is 10.0 Å². The molecule has 118 valence electrons. The van der Waals surface area contributed by atoms with Crippen LogP contribution < -0.4 is 5.32 Å². The molecule has 0 saturated carbocycles. The van der Waals surface area contributed by atoms with Gasteiger partial charge in [0.1, 0.15) is 4.90 Å². The molecule has 2 atom stereocenters. The Morgan fingerprint density at radius 1 is 1.29 bits per heavy atom. The topological polar surface area (TPSA) is 49.4 Å². The highest BCUT2D eigenvalue weighted by atomic mass is 35.5. The number of rotatable bonds is 4. The second-order valence-electron chi connectivity index (χ2n) is 5.67. The van der Waals surface area contributed by atoms with Crippen LogP contribution in [0, 0.1) is 5.92 Å². The number of halogens is 2. The van der Waals surface area contributed by atoms with Gasteiger partial charge in [0, 0.05) is 24.2 Å². The number of hydrogen-bond acceptors (Lipinski definition) is 3. The van der Waals surface area contributed by atoms with Crippen molar-refractivity contribution < 1.29 is 8.42 Å². The van der Waals surface area contributed by atoms with Crippen molar-refractivity contribution in [3.05, 3.63) is 27.7 Å². The van der Waals surface area contributed by atoms with Crippen molar-refractivity contribution in [3.63, 3.8) is 0 Å². The van der Waals surface area contributed by atoms with Gasteiger partial charge in [-0.2, -0.15) is 4.31 Å². The Labute approximate surface area is 136 Å². The van der Waals surface area contributed by atoms with Gasteiger partial charge in [0.15, 0.2) is 0 Å². The third kappa shape index (κ3) is 3.37. The zero-order valence-corrected chi connectivity index (χ0v) is 14.7. The van der Waals surface area contributed by atoms with Gasteiger partial charge in [-0.15, -0.1) is 0 Å². The Balaban J connectivity index is 2.47. The standard InChI is InChI=1S/C14H20Cl2N2O2S/c1-9-4-10(2)18(8-9)21(19,20)14-5-11(7-17-3)12(15)6-13(14)16/h5-6,9-10,17H,4,7-8H2,1-3H3. The summed E-state index contributed by atoms with van der Waals surface area (Å²) in [5.41, 5.74) is 0.724. The van der Waals surface area contributed by atoms with Gasteiger partial charge in [-0.05, 0) is 44.0 Å². The molecule has 1 aliphatic rings. The minimum absolute atomic E-state index is 0.00973. The van der Waals surface area contributed by atoms with E-state index in [1.54, 1.807) is 13.1 Å². The van der Waals surface area contributed by atoms with Crippen LogP contribution in [0.4, 0.5) is 0 Å². The molecule has 0 bridgehead atoms. The molecular weight excluding hydrogens is 331 g/mol. The first kappa shape index (κ1) is 17.0. The molecule has 21 heavy (non-hydrogen) atoms. The molecule has 0 amide bonds. The highest BCUT2D eigenvalue weighted by molar-refractivity contribution is 7.89. The van der Waals surface area contributed by atoms with Crippen molar-refractivity contribution in [2.75, 3.05) is 13.6 Å². The average molecular weight is 351 g/mol. The van der Waals surface area contributed by atoms with Crippen LogP contribution in [0.3, 0.4) is 0 Å². The summed E-state index contributed by atoms with van der Waals surface area (Å²) in [6.07, 6.45) is 0.869. The first-order chi connectivity index (χ1) is 9.77. The fraction of sp³-hybridized carbons (Fsp3) is 0.571. The summed E-state index contributed by atoms with van der Waals surface area (Å²) in [5.74, 6) is 0.359. The lowest BCUT2D eigenvalue weighted by Gasteiger charge is -2.22. The summed E-state index contributed by atoms with van der Waals surface area (Å²) in [5, 5.41) is 3.61. The highest BCUT2D eigenvalue weighted by Crippen LogP contribution is 2.34. The van der Waals surface area contributed by atoms with E-state index < -0.39 is 10.0 Å². The van der Waals surface area contributed by atoms with Crippen molar-refractivity contribution in [2.24, 2.45) is 5.92 Å². The van der Waals surface area contributed by atoms with Crippen LogP contribution in [0.5, 0.6) is 0 Å². The normalized spacial score (nSPS) is 23.7. The molecule has 1 aliphatic heterocycles. The quantitative estimate of drug-likeness (QED) is 0.907. The molecule has 0 radical (unpaired) electrons. The number of nitrogens with zero attached hydrogens (tertiary/aromatic N) is 1. The Bertz CT molecular complexity index is 634. The van der Waals surface area contributed by atoms with Crippen LogP contribution in [-0.2, 0) is 16.6 Å². The fourth-order valence-corrected chi connectivity index (χ4v) is 5.42. The van der Waals surface area contributed by atoms with Crippen LogP contribution in [0.15, 0.2) is 17.0 Å². The number of benzene rings is 1. The minimum atomic E-state index is -3.59. The molecule has 4 nitrogen and oxygen atoms in total. The molecule has 1 aromatic rings. The largest absolute Gasteiger partial charge is 0.316 e. The van der Waals surface area contributed by atoms with E-state index in [0.29, 0.717) is 24.0 Å². The van der Waals surface area contributed by atoms with E-state index in [9.17, 15) is 8.42 Å². The Morgan fingerprint density at radius 2 is 1.95 bits per heavy atom. The monoisotopic (exact) mass is 350 g/mol. The van der Waals surface area contributed by atoms with E-state index in [1.165, 1.54) is 10.4 Å². The van der Waals surface area contributed by atoms with Crippen molar-refractivity contribution in [1.82, 2.24) is 9.62 Å². The Hall–Kier alpha value is -0.330. The number of sulfonamides is 1. The second kappa shape index (κ2) is 6.42. The first-order valence-corrected chi connectivity index (χ1v) is 9.11. The molecule has 1 fully saturated rings. The van der Waals surface area contributed by atoms with Crippen LogP contribution in [-0.4, -0.2) is 32.4 Å². The summed E-state index contributed by atoms with van der Waals surface area (Å²) < 4.78 is 27.3. The molecule has 1 N–H and O–H groups in total. The number of hydrogen-bond donors (Lipinski definition) is 1. The predicted octanol–water partition coefficient (Wildman–Crippen LogP) is 3.13. The first-order valence-electron chi connectivity index (χ1n) is 6.91. The summed E-state index contributed by atoms with van der Waals surface area (Å²) in [4.78, 5) is 0.139. The second-order valence-corrected chi connectivity index (χ2v) is 8.34. The fourth-order valence-electron chi connectivity index (χ4n) is 2.82. The molecule has 0 aliphatic carbocycles. The zero-order valence-electron chi connectivity index (χ0n) is 12.4. The summed E-state index contributed by atoms with van der Waals surface area (Å²) in [6, 6.07) is 3.07. The molecule has 1 heterocycles. The molecule has 0 aromatic heterocycles. The summed E-state index contributed by atoms with van der Waals surface area (Å²) in [7, 11) is -1.81. The van der Waals surface area contributed by atoms with Crippen molar-refractivity contribution in [1.29, 1.82) is 0 Å². The van der Waals surface area contributed by atoms with Gasteiger partial charge in [-0.25, -0.2) is 8.42 Å². The maximum Gasteiger partial charge on any atom is 0.244 e. The highest BCUT2D eigenvalue weighted by Gasteiger charge is 2.37.